The lowest BCUT2D eigenvalue weighted by Crippen LogP contribution is -2.04. The second-order valence-electron chi connectivity index (χ2n) is 5.13. The first-order valence-electron chi connectivity index (χ1n) is 6.71. The van der Waals surface area contributed by atoms with Crippen LogP contribution in [0.5, 0.6) is 5.88 Å². The Morgan fingerprint density at radius 3 is 2.68 bits per heavy atom. The topological polar surface area (TPSA) is 52.3 Å². The lowest BCUT2D eigenvalue weighted by molar-refractivity contribution is -0.137. The molecule has 1 saturated carbocycles. The molecule has 1 fully saturated rings. The van der Waals surface area contributed by atoms with Crippen LogP contribution < -0.4 is 4.74 Å². The first-order valence-corrected chi connectivity index (χ1v) is 6.71. The molecule has 1 aromatic heterocycles. The van der Waals surface area contributed by atoms with E-state index in [0.717, 1.165) is 25.0 Å². The highest BCUT2D eigenvalue weighted by atomic mass is 19.4. The third kappa shape index (κ3) is 2.98. The largest absolute Gasteiger partial charge is 0.437 e. The van der Waals surface area contributed by atoms with Gasteiger partial charge in [0, 0.05) is 18.4 Å². The number of benzene rings is 1. The summed E-state index contributed by atoms with van der Waals surface area (Å²) in [6.45, 7) is 1.23. The van der Waals surface area contributed by atoms with E-state index in [9.17, 15) is 18.0 Å². The zero-order valence-corrected chi connectivity index (χ0v) is 11.6. The molecule has 0 unspecified atom stereocenters. The second-order valence-corrected chi connectivity index (χ2v) is 5.13. The van der Waals surface area contributed by atoms with Crippen LogP contribution in [0.4, 0.5) is 13.2 Å². The van der Waals surface area contributed by atoms with Crippen molar-refractivity contribution in [2.24, 2.45) is 0 Å². The monoisotopic (exact) mass is 311 g/mol. The van der Waals surface area contributed by atoms with Crippen LogP contribution in [-0.2, 0) is 11.0 Å². The van der Waals surface area contributed by atoms with Crippen LogP contribution in [0, 0.1) is 0 Å². The van der Waals surface area contributed by atoms with Crippen LogP contribution in [0.25, 0.3) is 11.5 Å². The van der Waals surface area contributed by atoms with E-state index >= 15 is 0 Å². The predicted octanol–water partition coefficient (Wildman–Crippen LogP) is 4.16. The summed E-state index contributed by atoms with van der Waals surface area (Å²) in [5.74, 6) is 0.0430. The number of esters is 1. The third-order valence-corrected chi connectivity index (χ3v) is 3.25. The van der Waals surface area contributed by atoms with Crippen LogP contribution in [0.15, 0.2) is 28.7 Å². The number of aromatic nitrogens is 1. The van der Waals surface area contributed by atoms with E-state index in [-0.39, 0.29) is 23.3 Å². The van der Waals surface area contributed by atoms with Crippen molar-refractivity contribution in [2.75, 3.05) is 0 Å². The number of oxazole rings is 1. The number of carbonyl (C=O) groups is 1. The van der Waals surface area contributed by atoms with Crippen molar-refractivity contribution in [3.05, 3.63) is 35.6 Å². The summed E-state index contributed by atoms with van der Waals surface area (Å²) in [7, 11) is 0. The molecule has 4 nitrogen and oxygen atoms in total. The molecule has 0 amide bonds. The molecule has 116 valence electrons. The smallest absolute Gasteiger partial charge is 0.416 e. The maximum absolute atomic E-state index is 12.8. The zero-order valence-electron chi connectivity index (χ0n) is 11.6. The van der Waals surface area contributed by atoms with Crippen LogP contribution in [0.2, 0.25) is 0 Å². The summed E-state index contributed by atoms with van der Waals surface area (Å²) in [4.78, 5) is 15.1. The van der Waals surface area contributed by atoms with Gasteiger partial charge in [-0.05, 0) is 31.0 Å². The predicted molar refractivity (Wildman–Crippen MR) is 70.2 cm³/mol. The van der Waals surface area contributed by atoms with Crippen molar-refractivity contribution >= 4 is 5.97 Å². The van der Waals surface area contributed by atoms with Gasteiger partial charge in [-0.3, -0.25) is 4.79 Å². The Balaban J connectivity index is 2.00. The summed E-state index contributed by atoms with van der Waals surface area (Å²) in [5.41, 5.74) is -0.597. The molecule has 3 rings (SSSR count). The lowest BCUT2D eigenvalue weighted by atomic mass is 10.1. The van der Waals surface area contributed by atoms with Gasteiger partial charge in [0.2, 0.25) is 5.89 Å². The molecule has 0 bridgehead atoms. The molecule has 7 heteroatoms. The van der Waals surface area contributed by atoms with Crippen molar-refractivity contribution in [3.63, 3.8) is 0 Å². The number of hydrogen-bond acceptors (Lipinski definition) is 4. The van der Waals surface area contributed by atoms with E-state index in [2.05, 4.69) is 4.98 Å². The van der Waals surface area contributed by atoms with E-state index < -0.39 is 17.7 Å². The first-order chi connectivity index (χ1) is 10.3. The molecule has 1 aliphatic carbocycles. The molecule has 1 aromatic carbocycles. The summed E-state index contributed by atoms with van der Waals surface area (Å²) in [6.07, 6.45) is -2.68. The molecule has 0 radical (unpaired) electrons. The number of alkyl halides is 3. The number of hydrogen-bond donors (Lipinski definition) is 0. The number of carbonyl (C=O) groups excluding carboxylic acids is 1. The second kappa shape index (κ2) is 5.15. The van der Waals surface area contributed by atoms with Crippen LogP contribution >= 0.6 is 0 Å². The van der Waals surface area contributed by atoms with Gasteiger partial charge in [0.25, 0.3) is 5.88 Å². The van der Waals surface area contributed by atoms with Crippen molar-refractivity contribution in [1.29, 1.82) is 0 Å². The molecule has 1 aliphatic rings. The quantitative estimate of drug-likeness (QED) is 0.799. The Kier molecular flexibility index (Phi) is 3.42. The minimum Gasteiger partial charge on any atom is -0.437 e. The Hall–Kier alpha value is -2.31. The van der Waals surface area contributed by atoms with E-state index in [1.165, 1.54) is 19.1 Å². The molecule has 1 heterocycles. The van der Waals surface area contributed by atoms with Crippen LogP contribution in [0.3, 0.4) is 0 Å². The summed E-state index contributed by atoms with van der Waals surface area (Å²) in [6, 6.07) is 4.68. The normalized spacial score (nSPS) is 14.9. The van der Waals surface area contributed by atoms with Gasteiger partial charge in [0.15, 0.2) is 5.76 Å². The Morgan fingerprint density at radius 2 is 2.09 bits per heavy atom. The summed E-state index contributed by atoms with van der Waals surface area (Å²) >= 11 is 0. The van der Waals surface area contributed by atoms with E-state index in [1.807, 2.05) is 0 Å². The van der Waals surface area contributed by atoms with Crippen molar-refractivity contribution in [1.82, 2.24) is 4.98 Å². The van der Waals surface area contributed by atoms with Crippen LogP contribution in [-0.4, -0.2) is 11.0 Å². The molecule has 0 atom stereocenters. The van der Waals surface area contributed by atoms with Gasteiger partial charge in [-0.15, -0.1) is 0 Å². The molecule has 0 spiro atoms. The van der Waals surface area contributed by atoms with Gasteiger partial charge in [-0.1, -0.05) is 6.07 Å². The number of nitrogens with zero attached hydrogens (tertiary/aromatic N) is 1. The average molecular weight is 311 g/mol. The third-order valence-electron chi connectivity index (χ3n) is 3.25. The lowest BCUT2D eigenvalue weighted by Gasteiger charge is -2.06. The maximum Gasteiger partial charge on any atom is 0.416 e. The molecule has 2 aromatic rings. The highest BCUT2D eigenvalue weighted by Gasteiger charge is 2.34. The Labute approximate surface area is 123 Å². The van der Waals surface area contributed by atoms with Crippen LogP contribution in [0.1, 0.15) is 37.0 Å². The highest BCUT2D eigenvalue weighted by molar-refractivity contribution is 5.69. The van der Waals surface area contributed by atoms with E-state index in [1.54, 1.807) is 0 Å². The van der Waals surface area contributed by atoms with Gasteiger partial charge in [0.05, 0.1) is 5.56 Å². The minimum absolute atomic E-state index is 0.0178. The fraction of sp³-hybridized carbons (Fsp3) is 0.333. The highest BCUT2D eigenvalue weighted by Crippen LogP contribution is 2.46. The minimum atomic E-state index is -4.44. The molecule has 0 saturated heterocycles. The summed E-state index contributed by atoms with van der Waals surface area (Å²) in [5, 5.41) is 0. The molecular weight excluding hydrogens is 299 g/mol. The first kappa shape index (κ1) is 14.6. The van der Waals surface area contributed by atoms with Gasteiger partial charge in [-0.2, -0.15) is 18.2 Å². The molecule has 0 aliphatic heterocycles. The number of ether oxygens (including phenoxy) is 1. The van der Waals surface area contributed by atoms with E-state index in [0.29, 0.717) is 5.76 Å². The fourth-order valence-electron chi connectivity index (χ4n) is 2.08. The number of halogens is 3. The van der Waals surface area contributed by atoms with Crippen molar-refractivity contribution in [3.8, 4) is 17.3 Å². The van der Waals surface area contributed by atoms with Gasteiger partial charge in [0.1, 0.15) is 0 Å². The Morgan fingerprint density at radius 1 is 1.36 bits per heavy atom. The van der Waals surface area contributed by atoms with Gasteiger partial charge in [-0.25, -0.2) is 0 Å². The van der Waals surface area contributed by atoms with Crippen molar-refractivity contribution in [2.45, 2.75) is 31.9 Å². The van der Waals surface area contributed by atoms with E-state index in [4.69, 9.17) is 9.15 Å². The molecular formula is C15H12F3NO3. The molecule has 22 heavy (non-hydrogen) atoms. The maximum atomic E-state index is 12.8. The van der Waals surface area contributed by atoms with Gasteiger partial charge >= 0.3 is 12.1 Å². The zero-order chi connectivity index (χ0) is 15.9. The standard InChI is InChI=1S/C15H12F3NO3/c1-8(20)21-14-12(9-5-6-9)22-13(19-14)10-3-2-4-11(7-10)15(16,17)18/h2-4,7,9H,5-6H2,1H3. The Bertz CT molecular complexity index is 717. The summed E-state index contributed by atoms with van der Waals surface area (Å²) < 4.78 is 48.8. The van der Waals surface area contributed by atoms with Gasteiger partial charge < -0.3 is 9.15 Å². The molecule has 0 N–H and O–H groups in total. The fourth-order valence-corrected chi connectivity index (χ4v) is 2.08. The average Bonchev–Trinajstić information content (AvgIpc) is 3.19. The SMILES string of the molecule is CC(=O)Oc1nc(-c2cccc(C(F)(F)F)c2)oc1C1CC1. The van der Waals surface area contributed by atoms with Crippen molar-refractivity contribution < 1.29 is 27.1 Å². The number of rotatable bonds is 3.